The molecule has 20 heavy (non-hydrogen) atoms. The number of aliphatic hydroxyl groups excluding tert-OH is 1. The summed E-state index contributed by atoms with van der Waals surface area (Å²) in [6.07, 6.45) is 1.06. The number of rotatable bonds is 5. The van der Waals surface area contributed by atoms with Crippen molar-refractivity contribution in [3.63, 3.8) is 0 Å². The Kier molecular flexibility index (Phi) is 6.83. The fourth-order valence-corrected chi connectivity index (χ4v) is 1.84. The van der Waals surface area contributed by atoms with Gasteiger partial charge in [0.05, 0.1) is 6.61 Å². The first-order valence-electron chi connectivity index (χ1n) is 6.95. The van der Waals surface area contributed by atoms with E-state index in [-0.39, 0.29) is 12.5 Å². The topological polar surface area (TPSA) is 40.5 Å². The van der Waals surface area contributed by atoms with Crippen LogP contribution in [0.1, 0.15) is 37.8 Å². The number of carbonyl (C=O) groups excluding carboxylic acids is 1. The van der Waals surface area contributed by atoms with Gasteiger partial charge in [-0.2, -0.15) is 0 Å². The van der Waals surface area contributed by atoms with Crippen molar-refractivity contribution in [3.8, 4) is 11.8 Å². The lowest BCUT2D eigenvalue weighted by atomic mass is 10.1. The molecule has 0 aromatic heterocycles. The zero-order chi connectivity index (χ0) is 15.0. The Labute approximate surface area is 121 Å². The molecule has 0 saturated heterocycles. The van der Waals surface area contributed by atoms with Gasteiger partial charge in [-0.3, -0.25) is 4.79 Å². The van der Waals surface area contributed by atoms with Crippen molar-refractivity contribution in [1.29, 1.82) is 0 Å². The number of hydrogen-bond donors (Lipinski definition) is 1. The van der Waals surface area contributed by atoms with E-state index in [1.807, 2.05) is 45.2 Å². The zero-order valence-corrected chi connectivity index (χ0v) is 12.5. The molecule has 0 heterocycles. The van der Waals surface area contributed by atoms with Gasteiger partial charge in [-0.25, -0.2) is 0 Å². The molecule has 1 aromatic carbocycles. The number of amides is 1. The molecule has 3 nitrogen and oxygen atoms in total. The van der Waals surface area contributed by atoms with Gasteiger partial charge in [0.15, 0.2) is 0 Å². The molecule has 108 valence electrons. The number of hydrogen-bond acceptors (Lipinski definition) is 2. The minimum atomic E-state index is 0.0825. The van der Waals surface area contributed by atoms with Crippen LogP contribution in [0.25, 0.3) is 0 Å². The highest BCUT2D eigenvalue weighted by Gasteiger charge is 2.10. The molecule has 0 radical (unpaired) electrons. The molecular weight excluding hydrogens is 250 g/mol. The van der Waals surface area contributed by atoms with Gasteiger partial charge < -0.3 is 10.0 Å². The Balaban J connectivity index is 2.66. The molecule has 1 N–H and O–H groups in total. The molecule has 0 bridgehead atoms. The lowest BCUT2D eigenvalue weighted by molar-refractivity contribution is -0.131. The van der Waals surface area contributed by atoms with Crippen LogP contribution < -0.4 is 0 Å². The molecule has 0 saturated carbocycles. The number of nitrogens with zero attached hydrogens (tertiary/aromatic N) is 1. The van der Waals surface area contributed by atoms with E-state index in [2.05, 4.69) is 11.8 Å². The second-order valence-electron chi connectivity index (χ2n) is 5.32. The van der Waals surface area contributed by atoms with E-state index in [4.69, 9.17) is 5.11 Å². The molecule has 0 aliphatic carbocycles. The van der Waals surface area contributed by atoms with Crippen LogP contribution in [0.4, 0.5) is 0 Å². The Hall–Kier alpha value is -1.79. The fraction of sp³-hybridized carbons (Fsp3) is 0.471. The summed E-state index contributed by atoms with van der Waals surface area (Å²) in [5.41, 5.74) is 1.99. The van der Waals surface area contributed by atoms with Crippen molar-refractivity contribution in [3.05, 3.63) is 35.4 Å². The van der Waals surface area contributed by atoms with E-state index in [1.165, 1.54) is 0 Å². The lowest BCUT2D eigenvalue weighted by Crippen LogP contribution is -2.27. The average molecular weight is 273 g/mol. The van der Waals surface area contributed by atoms with Gasteiger partial charge in [-0.15, -0.1) is 0 Å². The monoisotopic (exact) mass is 273 g/mol. The van der Waals surface area contributed by atoms with Gasteiger partial charge in [-0.1, -0.05) is 37.8 Å². The van der Waals surface area contributed by atoms with E-state index < -0.39 is 0 Å². The molecular formula is C17H23NO2. The maximum atomic E-state index is 11.9. The fourth-order valence-electron chi connectivity index (χ4n) is 1.84. The van der Waals surface area contributed by atoms with Gasteiger partial charge in [0.2, 0.25) is 5.91 Å². The highest BCUT2D eigenvalue weighted by molar-refractivity contribution is 5.76. The molecule has 0 spiro atoms. The number of carbonyl (C=O) groups is 1. The van der Waals surface area contributed by atoms with Gasteiger partial charge in [-0.05, 0) is 23.6 Å². The van der Waals surface area contributed by atoms with Gasteiger partial charge in [0.25, 0.3) is 0 Å². The summed E-state index contributed by atoms with van der Waals surface area (Å²) in [6, 6.07) is 7.86. The summed E-state index contributed by atoms with van der Waals surface area (Å²) in [5.74, 6) is 6.45. The normalized spacial score (nSPS) is 10.1. The van der Waals surface area contributed by atoms with Crippen molar-refractivity contribution < 1.29 is 9.90 Å². The van der Waals surface area contributed by atoms with Crippen LogP contribution in [-0.2, 0) is 11.3 Å². The maximum Gasteiger partial charge on any atom is 0.222 e. The van der Waals surface area contributed by atoms with Crippen molar-refractivity contribution in [1.82, 2.24) is 4.90 Å². The molecule has 1 rings (SSSR count). The van der Waals surface area contributed by atoms with Crippen molar-refractivity contribution in [2.75, 3.05) is 13.7 Å². The molecule has 0 unspecified atom stereocenters. The van der Waals surface area contributed by atoms with Crippen LogP contribution in [0.5, 0.6) is 0 Å². The third-order valence-electron chi connectivity index (χ3n) is 2.82. The highest BCUT2D eigenvalue weighted by Crippen LogP contribution is 2.09. The zero-order valence-electron chi connectivity index (χ0n) is 12.5. The van der Waals surface area contributed by atoms with E-state index in [9.17, 15) is 4.79 Å². The molecule has 3 heteroatoms. The van der Waals surface area contributed by atoms with Gasteiger partial charge in [0, 0.05) is 32.0 Å². The Morgan fingerprint density at radius 1 is 1.40 bits per heavy atom. The predicted octanol–water partition coefficient (Wildman–Crippen LogP) is 2.43. The molecule has 0 aliphatic rings. The summed E-state index contributed by atoms with van der Waals surface area (Å²) < 4.78 is 0. The van der Waals surface area contributed by atoms with Gasteiger partial charge in [0.1, 0.15) is 0 Å². The molecule has 1 amide bonds. The largest absolute Gasteiger partial charge is 0.395 e. The molecule has 0 fully saturated rings. The molecule has 0 aliphatic heterocycles. The quantitative estimate of drug-likeness (QED) is 0.837. The Bertz CT molecular complexity index is 497. The standard InChI is InChI=1S/C17H23NO2/c1-14(2)11-17(20)18(3)13-16-9-6-8-15(12-16)7-4-5-10-19/h6,8-9,12,14,19H,5,10-11,13H2,1-3H3. The first kappa shape index (κ1) is 16.3. The summed E-state index contributed by atoms with van der Waals surface area (Å²) in [7, 11) is 1.83. The molecule has 1 aromatic rings. The van der Waals surface area contributed by atoms with Gasteiger partial charge >= 0.3 is 0 Å². The SMILES string of the molecule is CC(C)CC(=O)N(C)Cc1cccc(C#CCCO)c1. The van der Waals surface area contributed by atoms with Crippen LogP contribution in [0.15, 0.2) is 24.3 Å². The van der Waals surface area contributed by atoms with E-state index in [0.29, 0.717) is 25.3 Å². The predicted molar refractivity (Wildman–Crippen MR) is 81.0 cm³/mol. The Morgan fingerprint density at radius 3 is 2.80 bits per heavy atom. The van der Waals surface area contributed by atoms with Crippen LogP contribution >= 0.6 is 0 Å². The number of benzene rings is 1. The second-order valence-corrected chi connectivity index (χ2v) is 5.32. The van der Waals surface area contributed by atoms with E-state index >= 15 is 0 Å². The first-order chi connectivity index (χ1) is 9.52. The van der Waals surface area contributed by atoms with Crippen molar-refractivity contribution >= 4 is 5.91 Å². The second kappa shape index (κ2) is 8.39. The lowest BCUT2D eigenvalue weighted by Gasteiger charge is -2.18. The van der Waals surface area contributed by atoms with Crippen molar-refractivity contribution in [2.24, 2.45) is 5.92 Å². The smallest absolute Gasteiger partial charge is 0.222 e. The summed E-state index contributed by atoms with van der Waals surface area (Å²) in [4.78, 5) is 13.7. The highest BCUT2D eigenvalue weighted by atomic mass is 16.2. The van der Waals surface area contributed by atoms with E-state index in [0.717, 1.165) is 11.1 Å². The number of aliphatic hydroxyl groups is 1. The minimum absolute atomic E-state index is 0.0825. The summed E-state index contributed by atoms with van der Waals surface area (Å²) in [5, 5.41) is 8.70. The van der Waals surface area contributed by atoms with E-state index in [1.54, 1.807) is 4.90 Å². The van der Waals surface area contributed by atoms with Crippen LogP contribution in [0, 0.1) is 17.8 Å². The third-order valence-corrected chi connectivity index (χ3v) is 2.82. The average Bonchev–Trinajstić information content (AvgIpc) is 2.38. The summed E-state index contributed by atoms with van der Waals surface area (Å²) in [6.45, 7) is 4.77. The van der Waals surface area contributed by atoms with Crippen LogP contribution in [0.3, 0.4) is 0 Å². The maximum absolute atomic E-state index is 11.9. The van der Waals surface area contributed by atoms with Crippen molar-refractivity contribution in [2.45, 2.75) is 33.2 Å². The Morgan fingerprint density at radius 2 is 2.15 bits per heavy atom. The minimum Gasteiger partial charge on any atom is -0.395 e. The summed E-state index contributed by atoms with van der Waals surface area (Å²) >= 11 is 0. The molecule has 0 atom stereocenters. The van der Waals surface area contributed by atoms with Crippen LogP contribution in [-0.4, -0.2) is 29.6 Å². The first-order valence-corrected chi connectivity index (χ1v) is 6.95. The van der Waals surface area contributed by atoms with Crippen LogP contribution in [0.2, 0.25) is 0 Å². The third kappa shape index (κ3) is 5.90.